The topological polar surface area (TPSA) is 37.4 Å². The van der Waals surface area contributed by atoms with Gasteiger partial charge < -0.3 is 0 Å². The Morgan fingerprint density at radius 1 is 0.923 bits per heavy atom. The molecule has 0 atom stereocenters. The highest BCUT2D eigenvalue weighted by Gasteiger charge is 2.24. The molecule has 3 nitrogen and oxygen atoms in total. The van der Waals surface area contributed by atoms with Gasteiger partial charge in [-0.05, 0) is 6.42 Å². The van der Waals surface area contributed by atoms with Crippen molar-refractivity contribution in [3.63, 3.8) is 0 Å². The highest BCUT2D eigenvalue weighted by molar-refractivity contribution is 8.11. The molecule has 0 spiro atoms. The van der Waals surface area contributed by atoms with E-state index in [1.807, 2.05) is 0 Å². The normalized spacial score (nSPS) is 21.3. The van der Waals surface area contributed by atoms with Crippen LogP contribution in [0.2, 0.25) is 0 Å². The van der Waals surface area contributed by atoms with E-state index in [0.29, 0.717) is 13.1 Å². The van der Waals surface area contributed by atoms with Crippen molar-refractivity contribution in [2.75, 3.05) is 13.1 Å². The van der Waals surface area contributed by atoms with Crippen LogP contribution >= 0.6 is 23.1 Å². The van der Waals surface area contributed by atoms with E-state index in [2.05, 4.69) is 0 Å². The van der Waals surface area contributed by atoms with Crippen LogP contribution in [-0.4, -0.2) is 25.8 Å². The third-order valence-electron chi connectivity index (χ3n) is 2.12. The Labute approximate surface area is 90.4 Å². The second-order valence-corrected chi connectivity index (χ2v) is 5.62. The molecule has 1 saturated heterocycles. The lowest BCUT2D eigenvalue weighted by atomic mass is 10.0. The smallest absolute Gasteiger partial charge is 0.195 e. The molecule has 0 aromatic rings. The molecule has 0 N–H and O–H groups in total. The van der Waals surface area contributed by atoms with Gasteiger partial charge in [0.25, 0.3) is 9.24 Å². The van der Waals surface area contributed by atoms with E-state index in [1.165, 1.54) is 30.0 Å². The van der Waals surface area contributed by atoms with Crippen molar-refractivity contribution in [2.24, 2.45) is 0 Å². The fraction of sp³-hybridized carbons (Fsp3) is 1.00. The molecule has 1 saturated carbocycles. The third kappa shape index (κ3) is 5.05. The van der Waals surface area contributed by atoms with Gasteiger partial charge in [0.05, 0.1) is 0 Å². The molecule has 1 heterocycles. The maximum Gasteiger partial charge on any atom is 0.299 e. The van der Waals surface area contributed by atoms with Gasteiger partial charge in [-0.25, -0.2) is 0 Å². The third-order valence-corrected chi connectivity index (χ3v) is 3.69. The summed E-state index contributed by atoms with van der Waals surface area (Å²) in [6.45, 7) is 1.18. The van der Waals surface area contributed by atoms with Gasteiger partial charge in [-0.2, -0.15) is 12.7 Å². The van der Waals surface area contributed by atoms with E-state index in [9.17, 15) is 8.42 Å². The van der Waals surface area contributed by atoms with Crippen LogP contribution < -0.4 is 0 Å². The first kappa shape index (κ1) is 13.5. The molecule has 2 aliphatic rings. The SMILES string of the molecule is C1CCC1.Cl.O=S(=O)(Cl)N1CCC1. The van der Waals surface area contributed by atoms with Gasteiger partial charge >= 0.3 is 0 Å². The van der Waals surface area contributed by atoms with Crippen LogP contribution in [0.5, 0.6) is 0 Å². The largest absolute Gasteiger partial charge is 0.299 e. The molecule has 1 aliphatic heterocycles. The molecule has 0 aromatic carbocycles. The first-order chi connectivity index (χ1) is 5.61. The maximum atomic E-state index is 10.3. The Balaban J connectivity index is 0.000000245. The van der Waals surface area contributed by atoms with Crippen LogP contribution in [0, 0.1) is 0 Å². The molecule has 0 amide bonds. The van der Waals surface area contributed by atoms with E-state index in [4.69, 9.17) is 10.7 Å². The Morgan fingerprint density at radius 2 is 1.31 bits per heavy atom. The monoisotopic (exact) mass is 247 g/mol. The van der Waals surface area contributed by atoms with E-state index in [0.717, 1.165) is 6.42 Å². The van der Waals surface area contributed by atoms with Gasteiger partial charge in [0.2, 0.25) is 0 Å². The van der Waals surface area contributed by atoms with Gasteiger partial charge in [0.1, 0.15) is 0 Å². The fourth-order valence-electron chi connectivity index (χ4n) is 0.755. The molecule has 2 fully saturated rings. The minimum Gasteiger partial charge on any atom is -0.195 e. The molecular formula is C7H15Cl2NO2S. The predicted molar refractivity (Wildman–Crippen MR) is 56.7 cm³/mol. The van der Waals surface area contributed by atoms with E-state index < -0.39 is 9.24 Å². The number of hydrogen-bond donors (Lipinski definition) is 0. The standard InChI is InChI=1S/C4H8.C3H6ClNO2S.ClH/c1-2-4-3-1;4-8(6,7)5-2-1-3-5;/h1-4H2;1-3H2;1H. The van der Waals surface area contributed by atoms with Crippen molar-refractivity contribution in [3.8, 4) is 0 Å². The Hall–Kier alpha value is 0.490. The second kappa shape index (κ2) is 6.06. The minimum atomic E-state index is -3.36. The molecule has 0 radical (unpaired) electrons. The highest BCUT2D eigenvalue weighted by Crippen LogP contribution is 2.15. The molecule has 0 bridgehead atoms. The first-order valence-electron chi connectivity index (χ1n) is 4.30. The van der Waals surface area contributed by atoms with Crippen molar-refractivity contribution < 1.29 is 8.42 Å². The predicted octanol–water partition coefficient (Wildman–Crippen LogP) is 2.16. The number of rotatable bonds is 1. The van der Waals surface area contributed by atoms with Crippen molar-refractivity contribution in [2.45, 2.75) is 32.1 Å². The Bertz CT molecular complexity index is 219. The maximum absolute atomic E-state index is 10.3. The summed E-state index contributed by atoms with van der Waals surface area (Å²) in [5, 5.41) is 0. The van der Waals surface area contributed by atoms with Gasteiger partial charge in [-0.3, -0.25) is 0 Å². The lowest BCUT2D eigenvalue weighted by Gasteiger charge is -2.25. The average Bonchev–Trinajstić information content (AvgIpc) is 1.43. The van der Waals surface area contributed by atoms with Crippen LogP contribution in [0.4, 0.5) is 0 Å². The van der Waals surface area contributed by atoms with E-state index in [-0.39, 0.29) is 12.4 Å². The lowest BCUT2D eigenvalue weighted by molar-refractivity contribution is 0.316. The molecular weight excluding hydrogens is 233 g/mol. The van der Waals surface area contributed by atoms with Crippen LogP contribution in [0.1, 0.15) is 32.1 Å². The van der Waals surface area contributed by atoms with Crippen molar-refractivity contribution in [1.29, 1.82) is 0 Å². The van der Waals surface area contributed by atoms with Crippen molar-refractivity contribution in [3.05, 3.63) is 0 Å². The van der Waals surface area contributed by atoms with E-state index in [1.54, 1.807) is 0 Å². The Kier molecular flexibility index (Phi) is 6.29. The van der Waals surface area contributed by atoms with Crippen LogP contribution in [0.3, 0.4) is 0 Å². The molecule has 0 unspecified atom stereocenters. The summed E-state index contributed by atoms with van der Waals surface area (Å²) in [6, 6.07) is 0. The number of halogens is 2. The highest BCUT2D eigenvalue weighted by atomic mass is 35.7. The summed E-state index contributed by atoms with van der Waals surface area (Å²) in [5.41, 5.74) is 0. The van der Waals surface area contributed by atoms with Crippen LogP contribution in [0.25, 0.3) is 0 Å². The van der Waals surface area contributed by atoms with Gasteiger partial charge in [-0.15, -0.1) is 12.4 Å². The van der Waals surface area contributed by atoms with Crippen molar-refractivity contribution in [1.82, 2.24) is 4.31 Å². The number of nitrogens with zero attached hydrogens (tertiary/aromatic N) is 1. The summed E-state index contributed by atoms with van der Waals surface area (Å²) in [6.07, 6.45) is 6.94. The zero-order chi connectivity index (χ0) is 9.03. The quantitative estimate of drug-likeness (QED) is 0.667. The zero-order valence-corrected chi connectivity index (χ0v) is 9.80. The van der Waals surface area contributed by atoms with Crippen LogP contribution in [-0.2, 0) is 9.24 Å². The molecule has 0 aromatic heterocycles. The molecule has 13 heavy (non-hydrogen) atoms. The molecule has 80 valence electrons. The summed E-state index contributed by atoms with van der Waals surface area (Å²) in [5.74, 6) is 0. The summed E-state index contributed by atoms with van der Waals surface area (Å²) < 4.78 is 21.8. The molecule has 2 rings (SSSR count). The van der Waals surface area contributed by atoms with E-state index >= 15 is 0 Å². The zero-order valence-electron chi connectivity index (χ0n) is 7.41. The van der Waals surface area contributed by atoms with Gasteiger partial charge in [0.15, 0.2) is 0 Å². The Morgan fingerprint density at radius 3 is 1.31 bits per heavy atom. The second-order valence-electron chi connectivity index (χ2n) is 3.11. The van der Waals surface area contributed by atoms with Crippen molar-refractivity contribution >= 4 is 32.3 Å². The first-order valence-corrected chi connectivity index (χ1v) is 6.57. The summed E-state index contributed by atoms with van der Waals surface area (Å²) in [7, 11) is 1.57. The minimum absolute atomic E-state index is 0. The lowest BCUT2D eigenvalue weighted by Crippen LogP contribution is -2.39. The summed E-state index contributed by atoms with van der Waals surface area (Å²) >= 11 is 0. The average molecular weight is 248 g/mol. The molecule has 1 aliphatic carbocycles. The van der Waals surface area contributed by atoms with Gasteiger partial charge in [-0.1, -0.05) is 25.7 Å². The number of hydrogen-bond acceptors (Lipinski definition) is 2. The van der Waals surface area contributed by atoms with Gasteiger partial charge in [0, 0.05) is 23.8 Å². The molecule has 6 heteroatoms. The fourth-order valence-corrected chi connectivity index (χ4v) is 1.86. The van der Waals surface area contributed by atoms with Crippen LogP contribution in [0.15, 0.2) is 0 Å². The summed E-state index contributed by atoms with van der Waals surface area (Å²) in [4.78, 5) is 0.